The molecule has 5 heteroatoms. The van der Waals surface area contributed by atoms with Gasteiger partial charge >= 0.3 is 7.12 Å². The lowest BCUT2D eigenvalue weighted by Gasteiger charge is -2.32. The molecular formula is C17H26BNO3. The number of pyridine rings is 1. The highest BCUT2D eigenvalue weighted by Crippen LogP contribution is 2.45. The van der Waals surface area contributed by atoms with Gasteiger partial charge in [0.25, 0.3) is 0 Å². The van der Waals surface area contributed by atoms with Gasteiger partial charge in [-0.1, -0.05) is 6.92 Å². The molecule has 3 rings (SSSR count). The fraction of sp³-hybridized carbons (Fsp3) is 0.706. The van der Waals surface area contributed by atoms with E-state index in [1.807, 2.05) is 19.2 Å². The standard InChI is InChI=1S/C17H26BNO3/c1-12-9-14(20-11-17(6)7-8-17)19-10-13(12)18-21-15(2,3)16(4,5)22-18/h9-10H,7-8,11H2,1-6H3. The third-order valence-corrected chi connectivity index (χ3v) is 5.31. The molecule has 0 atom stereocenters. The highest BCUT2D eigenvalue weighted by atomic mass is 16.7. The van der Waals surface area contributed by atoms with Gasteiger partial charge in [0.2, 0.25) is 5.88 Å². The van der Waals surface area contributed by atoms with Crippen LogP contribution in [0, 0.1) is 12.3 Å². The van der Waals surface area contributed by atoms with E-state index in [1.54, 1.807) is 0 Å². The third-order valence-electron chi connectivity index (χ3n) is 5.31. The van der Waals surface area contributed by atoms with Gasteiger partial charge in [0.05, 0.1) is 17.8 Å². The van der Waals surface area contributed by atoms with E-state index in [2.05, 4.69) is 39.6 Å². The molecule has 120 valence electrons. The zero-order valence-electron chi connectivity index (χ0n) is 14.5. The number of aromatic nitrogens is 1. The summed E-state index contributed by atoms with van der Waals surface area (Å²) in [6.07, 6.45) is 4.32. The highest BCUT2D eigenvalue weighted by Gasteiger charge is 2.52. The number of aryl methyl sites for hydroxylation is 1. The Kier molecular flexibility index (Phi) is 3.57. The van der Waals surface area contributed by atoms with Gasteiger partial charge in [0, 0.05) is 23.1 Å². The molecule has 1 aromatic heterocycles. The van der Waals surface area contributed by atoms with E-state index in [0.717, 1.165) is 17.6 Å². The molecule has 1 saturated carbocycles. The number of hydrogen-bond donors (Lipinski definition) is 0. The predicted molar refractivity (Wildman–Crippen MR) is 87.5 cm³/mol. The second-order valence-corrected chi connectivity index (χ2v) is 8.07. The van der Waals surface area contributed by atoms with E-state index in [1.165, 1.54) is 12.8 Å². The Hall–Kier alpha value is -1.07. The van der Waals surface area contributed by atoms with E-state index in [9.17, 15) is 0 Å². The average Bonchev–Trinajstić information content (AvgIpc) is 3.08. The molecule has 0 aromatic carbocycles. The Bertz CT molecular complexity index is 565. The summed E-state index contributed by atoms with van der Waals surface area (Å²) in [6.45, 7) is 13.3. The van der Waals surface area contributed by atoms with Crippen LogP contribution in [-0.2, 0) is 9.31 Å². The molecule has 2 aliphatic rings. The van der Waals surface area contributed by atoms with Crippen LogP contribution in [0.3, 0.4) is 0 Å². The molecule has 0 bridgehead atoms. The van der Waals surface area contributed by atoms with Crippen LogP contribution in [-0.4, -0.2) is 29.9 Å². The third kappa shape index (κ3) is 2.89. The maximum atomic E-state index is 6.09. The quantitative estimate of drug-likeness (QED) is 0.802. The minimum Gasteiger partial charge on any atom is -0.477 e. The van der Waals surface area contributed by atoms with Crippen molar-refractivity contribution in [1.82, 2.24) is 4.98 Å². The molecule has 1 aromatic rings. The molecule has 1 aliphatic heterocycles. The van der Waals surface area contributed by atoms with Crippen LogP contribution in [0.25, 0.3) is 0 Å². The average molecular weight is 303 g/mol. The summed E-state index contributed by atoms with van der Waals surface area (Å²) < 4.78 is 18.0. The van der Waals surface area contributed by atoms with Crippen LogP contribution < -0.4 is 10.2 Å². The Balaban J connectivity index is 1.73. The fourth-order valence-electron chi connectivity index (χ4n) is 2.44. The Labute approximate surface area is 133 Å². The lowest BCUT2D eigenvalue weighted by atomic mass is 9.77. The van der Waals surface area contributed by atoms with Crippen molar-refractivity contribution in [2.24, 2.45) is 5.41 Å². The van der Waals surface area contributed by atoms with Crippen LogP contribution in [0.2, 0.25) is 0 Å². The molecule has 0 spiro atoms. The monoisotopic (exact) mass is 303 g/mol. The molecule has 1 saturated heterocycles. The largest absolute Gasteiger partial charge is 0.496 e. The molecule has 0 N–H and O–H groups in total. The van der Waals surface area contributed by atoms with Crippen molar-refractivity contribution >= 4 is 12.6 Å². The van der Waals surface area contributed by atoms with Gasteiger partial charge in [0.15, 0.2) is 0 Å². The lowest BCUT2D eigenvalue weighted by Crippen LogP contribution is -2.41. The van der Waals surface area contributed by atoms with Gasteiger partial charge in [-0.3, -0.25) is 0 Å². The van der Waals surface area contributed by atoms with E-state index in [-0.39, 0.29) is 18.3 Å². The first-order valence-corrected chi connectivity index (χ1v) is 8.07. The molecular weight excluding hydrogens is 277 g/mol. The zero-order chi connectivity index (χ0) is 16.2. The Morgan fingerprint density at radius 3 is 2.23 bits per heavy atom. The Morgan fingerprint density at radius 2 is 1.73 bits per heavy atom. The van der Waals surface area contributed by atoms with Crippen molar-refractivity contribution in [1.29, 1.82) is 0 Å². The van der Waals surface area contributed by atoms with Gasteiger partial charge in [-0.25, -0.2) is 4.98 Å². The SMILES string of the molecule is Cc1cc(OCC2(C)CC2)ncc1B1OC(C)(C)C(C)(C)O1. The van der Waals surface area contributed by atoms with Gasteiger partial charge in [-0.15, -0.1) is 0 Å². The maximum Gasteiger partial charge on any atom is 0.496 e. The van der Waals surface area contributed by atoms with Crippen molar-refractivity contribution < 1.29 is 14.0 Å². The minimum absolute atomic E-state index is 0.333. The maximum absolute atomic E-state index is 6.09. The first kappa shape index (κ1) is 15.8. The highest BCUT2D eigenvalue weighted by molar-refractivity contribution is 6.62. The van der Waals surface area contributed by atoms with E-state index < -0.39 is 0 Å². The summed E-state index contributed by atoms with van der Waals surface area (Å²) in [5, 5.41) is 0. The number of nitrogens with zero attached hydrogens (tertiary/aromatic N) is 1. The summed E-state index contributed by atoms with van der Waals surface area (Å²) in [6, 6.07) is 1.98. The van der Waals surface area contributed by atoms with Crippen LogP contribution >= 0.6 is 0 Å². The summed E-state index contributed by atoms with van der Waals surface area (Å²) in [7, 11) is -0.368. The number of ether oxygens (including phenoxy) is 1. The van der Waals surface area contributed by atoms with Crippen LogP contribution in [0.4, 0.5) is 0 Å². The second kappa shape index (κ2) is 4.97. The molecule has 2 heterocycles. The predicted octanol–water partition coefficient (Wildman–Crippen LogP) is 2.87. The van der Waals surface area contributed by atoms with E-state index in [4.69, 9.17) is 14.0 Å². The van der Waals surface area contributed by atoms with Gasteiger partial charge in [-0.2, -0.15) is 0 Å². The fourth-order valence-corrected chi connectivity index (χ4v) is 2.44. The summed E-state index contributed by atoms with van der Waals surface area (Å²) >= 11 is 0. The van der Waals surface area contributed by atoms with Crippen molar-refractivity contribution in [2.45, 2.75) is 65.6 Å². The molecule has 2 fully saturated rings. The van der Waals surface area contributed by atoms with Crippen LogP contribution in [0.5, 0.6) is 5.88 Å². The van der Waals surface area contributed by atoms with E-state index in [0.29, 0.717) is 11.3 Å². The smallest absolute Gasteiger partial charge is 0.477 e. The topological polar surface area (TPSA) is 40.6 Å². The molecule has 4 nitrogen and oxygen atoms in total. The zero-order valence-corrected chi connectivity index (χ0v) is 14.5. The second-order valence-electron chi connectivity index (χ2n) is 8.07. The molecule has 22 heavy (non-hydrogen) atoms. The summed E-state index contributed by atoms with van der Waals surface area (Å²) in [4.78, 5) is 4.43. The first-order valence-electron chi connectivity index (χ1n) is 8.07. The van der Waals surface area contributed by atoms with Crippen molar-refractivity contribution in [3.8, 4) is 5.88 Å². The summed E-state index contributed by atoms with van der Waals surface area (Å²) in [5.74, 6) is 0.686. The van der Waals surface area contributed by atoms with Crippen molar-refractivity contribution in [3.63, 3.8) is 0 Å². The van der Waals surface area contributed by atoms with Gasteiger partial charge < -0.3 is 14.0 Å². The molecule has 0 amide bonds. The molecule has 1 aliphatic carbocycles. The number of hydrogen-bond acceptors (Lipinski definition) is 4. The molecule has 0 unspecified atom stereocenters. The lowest BCUT2D eigenvalue weighted by molar-refractivity contribution is 0.00578. The molecule has 0 radical (unpaired) electrons. The van der Waals surface area contributed by atoms with Gasteiger partial charge in [-0.05, 0) is 53.0 Å². The van der Waals surface area contributed by atoms with Crippen molar-refractivity contribution in [3.05, 3.63) is 17.8 Å². The van der Waals surface area contributed by atoms with Crippen LogP contribution in [0.1, 0.15) is 53.0 Å². The van der Waals surface area contributed by atoms with E-state index >= 15 is 0 Å². The van der Waals surface area contributed by atoms with Crippen molar-refractivity contribution in [2.75, 3.05) is 6.61 Å². The minimum atomic E-state index is -0.368. The summed E-state index contributed by atoms with van der Waals surface area (Å²) in [5.41, 5.74) is 1.76. The number of rotatable bonds is 4. The normalized spacial score (nSPS) is 24.4. The Morgan fingerprint density at radius 1 is 1.14 bits per heavy atom. The van der Waals surface area contributed by atoms with Crippen LogP contribution in [0.15, 0.2) is 12.3 Å². The van der Waals surface area contributed by atoms with Gasteiger partial charge in [0.1, 0.15) is 0 Å². The first-order chi connectivity index (χ1) is 10.1.